The van der Waals surface area contributed by atoms with Gasteiger partial charge in [0.15, 0.2) is 5.82 Å². The third kappa shape index (κ3) is 2.44. The SMILES string of the molecule is COC(=O)C1CCCCN1c1nnc(C)c2ccccc12. The number of rotatable bonds is 2. The van der Waals surface area contributed by atoms with E-state index in [0.717, 1.165) is 48.1 Å². The van der Waals surface area contributed by atoms with Gasteiger partial charge in [-0.05, 0) is 26.2 Å². The van der Waals surface area contributed by atoms with Crippen LogP contribution >= 0.6 is 0 Å². The molecule has 0 spiro atoms. The van der Waals surface area contributed by atoms with Crippen molar-refractivity contribution >= 4 is 22.6 Å². The van der Waals surface area contributed by atoms with Gasteiger partial charge in [-0.3, -0.25) is 0 Å². The zero-order valence-corrected chi connectivity index (χ0v) is 12.4. The van der Waals surface area contributed by atoms with Crippen LogP contribution in [0.3, 0.4) is 0 Å². The van der Waals surface area contributed by atoms with Crippen molar-refractivity contribution in [2.24, 2.45) is 0 Å². The summed E-state index contributed by atoms with van der Waals surface area (Å²) in [6.07, 6.45) is 2.89. The van der Waals surface area contributed by atoms with Crippen LogP contribution in [-0.4, -0.2) is 35.9 Å². The van der Waals surface area contributed by atoms with E-state index in [9.17, 15) is 4.79 Å². The van der Waals surface area contributed by atoms with Gasteiger partial charge in [-0.1, -0.05) is 24.3 Å². The van der Waals surface area contributed by atoms with Gasteiger partial charge in [-0.2, -0.15) is 5.10 Å². The molecule has 1 aromatic carbocycles. The van der Waals surface area contributed by atoms with Gasteiger partial charge in [0.25, 0.3) is 0 Å². The highest BCUT2D eigenvalue weighted by molar-refractivity contribution is 5.95. The number of ether oxygens (including phenoxy) is 1. The van der Waals surface area contributed by atoms with Crippen LogP contribution < -0.4 is 4.90 Å². The second kappa shape index (κ2) is 5.68. The van der Waals surface area contributed by atoms with Crippen molar-refractivity contribution < 1.29 is 9.53 Å². The number of hydrogen-bond acceptors (Lipinski definition) is 5. The molecule has 21 heavy (non-hydrogen) atoms. The molecule has 1 saturated heterocycles. The summed E-state index contributed by atoms with van der Waals surface area (Å²) in [5.41, 5.74) is 0.904. The molecule has 0 radical (unpaired) electrons. The summed E-state index contributed by atoms with van der Waals surface area (Å²) in [5.74, 6) is 0.590. The summed E-state index contributed by atoms with van der Waals surface area (Å²) in [4.78, 5) is 14.1. The smallest absolute Gasteiger partial charge is 0.328 e. The maximum atomic E-state index is 12.0. The largest absolute Gasteiger partial charge is 0.467 e. The highest BCUT2D eigenvalue weighted by Crippen LogP contribution is 2.30. The van der Waals surface area contributed by atoms with Gasteiger partial charge in [0, 0.05) is 17.3 Å². The minimum Gasteiger partial charge on any atom is -0.467 e. The molecule has 1 aliphatic rings. The maximum absolute atomic E-state index is 12.0. The monoisotopic (exact) mass is 285 g/mol. The van der Waals surface area contributed by atoms with Crippen LogP contribution in [0.4, 0.5) is 5.82 Å². The number of carbonyl (C=O) groups is 1. The van der Waals surface area contributed by atoms with Gasteiger partial charge in [-0.25, -0.2) is 4.79 Å². The summed E-state index contributed by atoms with van der Waals surface area (Å²) in [6, 6.07) is 7.80. The molecule has 0 saturated carbocycles. The third-order valence-corrected chi connectivity index (χ3v) is 4.10. The van der Waals surface area contributed by atoms with Crippen LogP contribution in [0, 0.1) is 6.92 Å². The van der Waals surface area contributed by atoms with E-state index in [2.05, 4.69) is 10.2 Å². The molecule has 1 aromatic heterocycles. The average Bonchev–Trinajstić information content (AvgIpc) is 2.55. The normalized spacial score (nSPS) is 18.8. The van der Waals surface area contributed by atoms with E-state index >= 15 is 0 Å². The Bertz CT molecular complexity index is 672. The van der Waals surface area contributed by atoms with E-state index in [4.69, 9.17) is 4.74 Å². The number of aromatic nitrogens is 2. The Morgan fingerprint density at radius 2 is 2.00 bits per heavy atom. The van der Waals surface area contributed by atoms with Crippen LogP contribution in [0.25, 0.3) is 10.8 Å². The van der Waals surface area contributed by atoms with Crippen molar-refractivity contribution in [1.82, 2.24) is 10.2 Å². The van der Waals surface area contributed by atoms with Crippen molar-refractivity contribution in [3.8, 4) is 0 Å². The number of esters is 1. The average molecular weight is 285 g/mol. The highest BCUT2D eigenvalue weighted by Gasteiger charge is 2.31. The molecular formula is C16H19N3O2. The number of methoxy groups -OCH3 is 1. The van der Waals surface area contributed by atoms with E-state index in [1.807, 2.05) is 36.1 Å². The van der Waals surface area contributed by atoms with E-state index in [-0.39, 0.29) is 12.0 Å². The van der Waals surface area contributed by atoms with Crippen molar-refractivity contribution in [2.45, 2.75) is 32.2 Å². The van der Waals surface area contributed by atoms with Gasteiger partial charge >= 0.3 is 5.97 Å². The van der Waals surface area contributed by atoms with Crippen molar-refractivity contribution in [2.75, 3.05) is 18.6 Å². The molecule has 0 N–H and O–H groups in total. The Kier molecular flexibility index (Phi) is 3.73. The summed E-state index contributed by atoms with van der Waals surface area (Å²) in [6.45, 7) is 2.76. The zero-order valence-electron chi connectivity index (χ0n) is 12.4. The molecule has 1 fully saturated rings. The lowest BCUT2D eigenvalue weighted by atomic mass is 10.0. The maximum Gasteiger partial charge on any atom is 0.328 e. The Morgan fingerprint density at radius 3 is 2.76 bits per heavy atom. The summed E-state index contributed by atoms with van der Waals surface area (Å²) >= 11 is 0. The fourth-order valence-electron chi connectivity index (χ4n) is 3.00. The Labute approximate surface area is 123 Å². The standard InChI is InChI=1S/C16H19N3O2/c1-11-12-7-3-4-8-13(12)15(18-17-11)19-10-6-5-9-14(19)16(20)21-2/h3-4,7-8,14H,5-6,9-10H2,1-2H3. The molecule has 0 amide bonds. The summed E-state index contributed by atoms with van der Waals surface area (Å²) in [5, 5.41) is 10.7. The molecule has 0 bridgehead atoms. The van der Waals surface area contributed by atoms with E-state index in [1.165, 1.54) is 7.11 Å². The molecule has 110 valence electrons. The quantitative estimate of drug-likeness (QED) is 0.793. The third-order valence-electron chi connectivity index (χ3n) is 4.10. The number of aryl methyl sites for hydroxylation is 1. The molecule has 2 aromatic rings. The molecule has 5 heteroatoms. The predicted octanol–water partition coefficient (Wildman–Crippen LogP) is 2.47. The van der Waals surface area contributed by atoms with Crippen LogP contribution in [0.5, 0.6) is 0 Å². The first-order chi connectivity index (χ1) is 10.2. The van der Waals surface area contributed by atoms with Crippen molar-refractivity contribution in [3.05, 3.63) is 30.0 Å². The van der Waals surface area contributed by atoms with Crippen molar-refractivity contribution in [1.29, 1.82) is 0 Å². The van der Waals surface area contributed by atoms with E-state index < -0.39 is 0 Å². The zero-order chi connectivity index (χ0) is 14.8. The fraction of sp³-hybridized carbons (Fsp3) is 0.438. The molecule has 2 heterocycles. The van der Waals surface area contributed by atoms with E-state index in [1.54, 1.807) is 0 Å². The number of anilines is 1. The molecule has 1 atom stereocenters. The lowest BCUT2D eigenvalue weighted by molar-refractivity contribution is -0.142. The van der Waals surface area contributed by atoms with Crippen LogP contribution in [0.1, 0.15) is 25.0 Å². The summed E-state index contributed by atoms with van der Waals surface area (Å²) < 4.78 is 4.95. The van der Waals surface area contributed by atoms with E-state index in [0.29, 0.717) is 0 Å². The second-order valence-corrected chi connectivity index (χ2v) is 5.38. The molecule has 1 unspecified atom stereocenters. The number of carbonyl (C=O) groups excluding carboxylic acids is 1. The molecule has 5 nitrogen and oxygen atoms in total. The minimum absolute atomic E-state index is 0.193. The lowest BCUT2D eigenvalue weighted by Gasteiger charge is -2.35. The fourth-order valence-corrected chi connectivity index (χ4v) is 3.00. The van der Waals surface area contributed by atoms with Crippen molar-refractivity contribution in [3.63, 3.8) is 0 Å². The topological polar surface area (TPSA) is 55.3 Å². The van der Waals surface area contributed by atoms with Gasteiger partial charge in [0.05, 0.1) is 12.8 Å². The molecule has 1 aliphatic heterocycles. The molecule has 3 rings (SSSR count). The van der Waals surface area contributed by atoms with Crippen LogP contribution in [0.2, 0.25) is 0 Å². The molecule has 0 aliphatic carbocycles. The van der Waals surface area contributed by atoms with Gasteiger partial charge in [0.2, 0.25) is 0 Å². The van der Waals surface area contributed by atoms with Gasteiger partial charge in [0.1, 0.15) is 6.04 Å². The Morgan fingerprint density at radius 1 is 1.24 bits per heavy atom. The first-order valence-corrected chi connectivity index (χ1v) is 7.29. The summed E-state index contributed by atoms with van der Waals surface area (Å²) in [7, 11) is 1.44. The predicted molar refractivity (Wildman–Crippen MR) is 81.3 cm³/mol. The highest BCUT2D eigenvalue weighted by atomic mass is 16.5. The number of fused-ring (bicyclic) bond motifs is 1. The van der Waals surface area contributed by atoms with Crippen LogP contribution in [0.15, 0.2) is 24.3 Å². The Hall–Kier alpha value is -2.17. The number of benzene rings is 1. The Balaban J connectivity index is 2.10. The first kappa shape index (κ1) is 13.8. The number of piperidine rings is 1. The minimum atomic E-state index is -0.260. The van der Waals surface area contributed by atoms with Crippen LogP contribution in [-0.2, 0) is 9.53 Å². The lowest BCUT2D eigenvalue weighted by Crippen LogP contribution is -2.46. The second-order valence-electron chi connectivity index (χ2n) is 5.38. The number of hydrogen-bond donors (Lipinski definition) is 0. The molecular weight excluding hydrogens is 266 g/mol. The number of nitrogens with zero attached hydrogens (tertiary/aromatic N) is 3. The first-order valence-electron chi connectivity index (χ1n) is 7.29. The van der Waals surface area contributed by atoms with Gasteiger partial charge in [-0.15, -0.1) is 5.10 Å². The van der Waals surface area contributed by atoms with Gasteiger partial charge < -0.3 is 9.64 Å².